The molecule has 0 unspecified atom stereocenters. The Hall–Kier alpha value is -5.80. The molecule has 7 aromatic carbocycles. The lowest BCUT2D eigenvalue weighted by Crippen LogP contribution is -2.09. The molecule has 0 radical (unpaired) electrons. The summed E-state index contributed by atoms with van der Waals surface area (Å²) in [5.41, 5.74) is 9.06. The SMILES string of the molecule is c1ccc(N(c2ccccc2)c2cccc3oc4c5ccccc5c(-c5ccc6c(c5)oc5ccccc56)cc4c23)cc1. The summed E-state index contributed by atoms with van der Waals surface area (Å²) in [5.74, 6) is 0. The highest BCUT2D eigenvalue weighted by molar-refractivity contribution is 6.22. The molecule has 0 saturated carbocycles. The molecule has 2 heterocycles. The second-order valence-corrected chi connectivity index (χ2v) is 10.9. The van der Waals surface area contributed by atoms with Crippen LogP contribution in [-0.4, -0.2) is 0 Å². The first-order valence-corrected chi connectivity index (χ1v) is 14.5. The van der Waals surface area contributed by atoms with Crippen molar-refractivity contribution in [1.29, 1.82) is 0 Å². The number of rotatable bonds is 4. The van der Waals surface area contributed by atoms with Gasteiger partial charge < -0.3 is 13.7 Å². The average Bonchev–Trinajstić information content (AvgIpc) is 3.64. The van der Waals surface area contributed by atoms with Crippen molar-refractivity contribution in [3.63, 3.8) is 0 Å². The zero-order chi connectivity index (χ0) is 28.3. The van der Waals surface area contributed by atoms with Crippen molar-refractivity contribution in [3.05, 3.63) is 152 Å². The molecular weight excluding hydrogens is 526 g/mol. The molecule has 0 bridgehead atoms. The van der Waals surface area contributed by atoms with Crippen molar-refractivity contribution in [3.8, 4) is 11.1 Å². The number of fused-ring (bicyclic) bond motifs is 8. The monoisotopic (exact) mass is 551 g/mol. The van der Waals surface area contributed by atoms with Crippen LogP contribution < -0.4 is 4.90 Å². The van der Waals surface area contributed by atoms with Gasteiger partial charge in [0.05, 0.1) is 11.1 Å². The van der Waals surface area contributed by atoms with Crippen LogP contribution in [0, 0.1) is 0 Å². The minimum Gasteiger partial charge on any atom is -0.456 e. The van der Waals surface area contributed by atoms with Crippen LogP contribution in [0.5, 0.6) is 0 Å². The highest BCUT2D eigenvalue weighted by Crippen LogP contribution is 2.46. The fourth-order valence-corrected chi connectivity index (χ4v) is 6.53. The number of hydrogen-bond acceptors (Lipinski definition) is 3. The predicted octanol–water partition coefficient (Wildman–Crippen LogP) is 11.8. The molecule has 0 aliphatic heterocycles. The van der Waals surface area contributed by atoms with E-state index in [1.165, 1.54) is 0 Å². The Morgan fingerprint density at radius 2 is 1.02 bits per heavy atom. The number of nitrogens with zero attached hydrogens (tertiary/aromatic N) is 1. The van der Waals surface area contributed by atoms with Gasteiger partial charge in [-0.15, -0.1) is 0 Å². The normalized spacial score (nSPS) is 11.7. The molecule has 0 fully saturated rings. The molecule has 9 rings (SSSR count). The highest BCUT2D eigenvalue weighted by Gasteiger charge is 2.21. The van der Waals surface area contributed by atoms with E-state index in [4.69, 9.17) is 8.83 Å². The molecule has 3 nitrogen and oxygen atoms in total. The first-order chi connectivity index (χ1) is 21.3. The molecule has 202 valence electrons. The Morgan fingerprint density at radius 3 is 1.79 bits per heavy atom. The van der Waals surface area contributed by atoms with E-state index in [2.05, 4.69) is 144 Å². The summed E-state index contributed by atoms with van der Waals surface area (Å²) >= 11 is 0. The van der Waals surface area contributed by atoms with Crippen molar-refractivity contribution < 1.29 is 8.83 Å². The van der Waals surface area contributed by atoms with Gasteiger partial charge in [0.15, 0.2) is 0 Å². The van der Waals surface area contributed by atoms with Crippen molar-refractivity contribution in [2.75, 3.05) is 4.90 Å². The van der Waals surface area contributed by atoms with Gasteiger partial charge in [-0.25, -0.2) is 0 Å². The van der Waals surface area contributed by atoms with E-state index >= 15 is 0 Å². The fourth-order valence-electron chi connectivity index (χ4n) is 6.53. The summed E-state index contributed by atoms with van der Waals surface area (Å²) in [5, 5.41) is 6.67. The Morgan fingerprint density at radius 1 is 0.395 bits per heavy atom. The van der Waals surface area contributed by atoms with Crippen LogP contribution in [0.1, 0.15) is 0 Å². The standard InChI is InChI=1S/C40H25NO2/c1-3-12-27(13-4-1)41(28-14-5-2-6-15-28)35-19-11-21-37-39(35)34-25-33(29-16-7-8-18-32(29)40(34)43-37)26-22-23-31-30-17-9-10-20-36(30)42-38(31)24-26/h1-25H. The van der Waals surface area contributed by atoms with Gasteiger partial charge in [-0.1, -0.05) is 91.0 Å². The fraction of sp³-hybridized carbons (Fsp3) is 0. The van der Waals surface area contributed by atoms with Crippen molar-refractivity contribution in [2.24, 2.45) is 0 Å². The van der Waals surface area contributed by atoms with Gasteiger partial charge in [-0.05, 0) is 77.2 Å². The molecule has 0 atom stereocenters. The number of anilines is 3. The van der Waals surface area contributed by atoms with E-state index in [1.54, 1.807) is 0 Å². The predicted molar refractivity (Wildman–Crippen MR) is 179 cm³/mol. The molecule has 9 aromatic rings. The maximum absolute atomic E-state index is 6.68. The summed E-state index contributed by atoms with van der Waals surface area (Å²) in [6.45, 7) is 0. The zero-order valence-corrected chi connectivity index (χ0v) is 23.2. The lowest BCUT2D eigenvalue weighted by Gasteiger charge is -2.26. The minimum absolute atomic E-state index is 0.861. The van der Waals surface area contributed by atoms with Crippen LogP contribution in [0.15, 0.2) is 160 Å². The molecule has 0 saturated heterocycles. The number of hydrogen-bond donors (Lipinski definition) is 0. The van der Waals surface area contributed by atoms with E-state index in [1.807, 2.05) is 12.1 Å². The lowest BCUT2D eigenvalue weighted by atomic mass is 9.94. The average molecular weight is 552 g/mol. The lowest BCUT2D eigenvalue weighted by molar-refractivity contribution is 0.669. The maximum Gasteiger partial charge on any atom is 0.143 e. The van der Waals surface area contributed by atoms with Gasteiger partial charge in [0.1, 0.15) is 22.3 Å². The van der Waals surface area contributed by atoms with Crippen LogP contribution in [-0.2, 0) is 0 Å². The Balaban J connectivity index is 1.35. The Labute approximate surface area is 247 Å². The number of para-hydroxylation sites is 3. The van der Waals surface area contributed by atoms with Crippen LogP contribution in [0.2, 0.25) is 0 Å². The van der Waals surface area contributed by atoms with E-state index in [9.17, 15) is 0 Å². The first-order valence-electron chi connectivity index (χ1n) is 14.5. The third-order valence-electron chi connectivity index (χ3n) is 8.44. The summed E-state index contributed by atoms with van der Waals surface area (Å²) in [6.07, 6.45) is 0. The molecule has 0 spiro atoms. The van der Waals surface area contributed by atoms with Gasteiger partial charge in [0.25, 0.3) is 0 Å². The summed E-state index contributed by atoms with van der Waals surface area (Å²) in [7, 11) is 0. The zero-order valence-electron chi connectivity index (χ0n) is 23.2. The van der Waals surface area contributed by atoms with Gasteiger partial charge in [0.2, 0.25) is 0 Å². The minimum atomic E-state index is 0.861. The second kappa shape index (κ2) is 9.37. The number of benzene rings is 7. The molecule has 0 aliphatic carbocycles. The molecule has 0 aliphatic rings. The largest absolute Gasteiger partial charge is 0.456 e. The van der Waals surface area contributed by atoms with Gasteiger partial charge in [-0.2, -0.15) is 0 Å². The third kappa shape index (κ3) is 3.68. The smallest absolute Gasteiger partial charge is 0.143 e. The van der Waals surface area contributed by atoms with Crippen molar-refractivity contribution in [1.82, 2.24) is 0 Å². The second-order valence-electron chi connectivity index (χ2n) is 10.9. The first kappa shape index (κ1) is 23.9. The summed E-state index contributed by atoms with van der Waals surface area (Å²) in [6, 6.07) is 53.0. The highest BCUT2D eigenvalue weighted by atomic mass is 16.3. The van der Waals surface area contributed by atoms with Gasteiger partial charge in [0, 0.05) is 32.9 Å². The molecular formula is C40H25NO2. The van der Waals surface area contributed by atoms with Crippen molar-refractivity contribution >= 4 is 71.7 Å². The topological polar surface area (TPSA) is 29.5 Å². The molecule has 0 N–H and O–H groups in total. The Kier molecular flexibility index (Phi) is 5.20. The maximum atomic E-state index is 6.68. The molecule has 3 heteroatoms. The van der Waals surface area contributed by atoms with Gasteiger partial charge >= 0.3 is 0 Å². The van der Waals surface area contributed by atoms with E-state index in [-0.39, 0.29) is 0 Å². The molecule has 43 heavy (non-hydrogen) atoms. The van der Waals surface area contributed by atoms with E-state index in [0.717, 1.165) is 82.8 Å². The van der Waals surface area contributed by atoms with Crippen LogP contribution >= 0.6 is 0 Å². The van der Waals surface area contributed by atoms with Crippen molar-refractivity contribution in [2.45, 2.75) is 0 Å². The van der Waals surface area contributed by atoms with Gasteiger partial charge in [-0.3, -0.25) is 0 Å². The quantitative estimate of drug-likeness (QED) is 0.218. The summed E-state index contributed by atoms with van der Waals surface area (Å²) < 4.78 is 13.0. The van der Waals surface area contributed by atoms with E-state index in [0.29, 0.717) is 0 Å². The molecule has 2 aromatic heterocycles. The van der Waals surface area contributed by atoms with Crippen LogP contribution in [0.3, 0.4) is 0 Å². The third-order valence-corrected chi connectivity index (χ3v) is 8.44. The summed E-state index contributed by atoms with van der Waals surface area (Å²) in [4.78, 5) is 2.31. The number of furan rings is 2. The van der Waals surface area contributed by atoms with E-state index < -0.39 is 0 Å². The van der Waals surface area contributed by atoms with Crippen LogP contribution in [0.25, 0.3) is 65.8 Å². The Bertz CT molecular complexity index is 2410. The molecule has 0 amide bonds. The van der Waals surface area contributed by atoms with Crippen LogP contribution in [0.4, 0.5) is 17.1 Å².